The summed E-state index contributed by atoms with van der Waals surface area (Å²) in [7, 11) is 0. The van der Waals surface area contributed by atoms with Gasteiger partial charge in [0.1, 0.15) is 5.75 Å². The number of nitrogen functional groups attached to an aromatic ring is 1. The number of nitrogens with one attached hydrogen (secondary N) is 1. The van der Waals surface area contributed by atoms with E-state index in [9.17, 15) is 4.79 Å². The number of hydrogen-bond donors (Lipinski definition) is 3. The van der Waals surface area contributed by atoms with E-state index in [-0.39, 0.29) is 11.5 Å². The minimum absolute atomic E-state index is 0.220. The van der Waals surface area contributed by atoms with Crippen LogP contribution in [0, 0.1) is 6.92 Å². The number of hydrazine groups is 1. The Morgan fingerprint density at radius 1 is 1.37 bits per heavy atom. The van der Waals surface area contributed by atoms with Gasteiger partial charge >= 0.3 is 0 Å². The Morgan fingerprint density at radius 2 is 2.11 bits per heavy atom. The highest BCUT2D eigenvalue weighted by Crippen LogP contribution is 2.26. The number of primary amides is 1. The van der Waals surface area contributed by atoms with Gasteiger partial charge in [-0.2, -0.15) is 4.98 Å². The first-order chi connectivity index (χ1) is 9.11. The largest absolute Gasteiger partial charge is 0.438 e. The van der Waals surface area contributed by atoms with Crippen LogP contribution in [0.15, 0.2) is 30.5 Å². The molecule has 0 aliphatic carbocycles. The summed E-state index contributed by atoms with van der Waals surface area (Å²) in [6.45, 7) is 1.78. The highest BCUT2D eigenvalue weighted by Gasteiger charge is 2.12. The average molecular weight is 259 g/mol. The number of aromatic nitrogens is 2. The van der Waals surface area contributed by atoms with E-state index < -0.39 is 5.91 Å². The van der Waals surface area contributed by atoms with Crippen LogP contribution in [-0.4, -0.2) is 15.9 Å². The number of nitrogens with zero attached hydrogens (tertiary/aromatic N) is 2. The summed E-state index contributed by atoms with van der Waals surface area (Å²) < 4.78 is 5.60. The summed E-state index contributed by atoms with van der Waals surface area (Å²) in [5, 5.41) is 0. The zero-order valence-electron chi connectivity index (χ0n) is 10.3. The molecule has 7 heteroatoms. The fourth-order valence-electron chi connectivity index (χ4n) is 1.46. The average Bonchev–Trinajstić information content (AvgIpc) is 2.41. The fraction of sp³-hybridized carbons (Fsp3) is 0.0833. The number of rotatable bonds is 4. The van der Waals surface area contributed by atoms with Gasteiger partial charge in [0.15, 0.2) is 0 Å². The molecule has 2 rings (SSSR count). The molecule has 5 N–H and O–H groups in total. The smallest absolute Gasteiger partial charge is 0.252 e. The minimum Gasteiger partial charge on any atom is -0.438 e. The summed E-state index contributed by atoms with van der Waals surface area (Å²) in [5.41, 5.74) is 8.59. The Kier molecular flexibility index (Phi) is 3.58. The molecule has 1 heterocycles. The number of hydrogen-bond acceptors (Lipinski definition) is 6. The molecule has 19 heavy (non-hydrogen) atoms. The van der Waals surface area contributed by atoms with Crippen molar-refractivity contribution < 1.29 is 9.53 Å². The molecule has 7 nitrogen and oxygen atoms in total. The molecule has 1 amide bonds. The molecule has 0 fully saturated rings. The maximum absolute atomic E-state index is 11.3. The Bertz CT molecular complexity index is 615. The Balaban J connectivity index is 2.38. The standard InChI is InChI=1S/C12H13N5O2/c1-7-6-15-12(17-14)16-11(7)19-9-5-3-2-4-8(9)10(13)18/h2-6H,14H2,1H3,(H2,13,18)(H,15,16,17). The topological polar surface area (TPSA) is 116 Å². The van der Waals surface area contributed by atoms with E-state index in [4.69, 9.17) is 16.3 Å². The van der Waals surface area contributed by atoms with Crippen LogP contribution in [0.25, 0.3) is 0 Å². The van der Waals surface area contributed by atoms with Crippen molar-refractivity contribution in [3.63, 3.8) is 0 Å². The van der Waals surface area contributed by atoms with Crippen molar-refractivity contribution in [2.45, 2.75) is 6.92 Å². The second kappa shape index (κ2) is 5.32. The summed E-state index contributed by atoms with van der Waals surface area (Å²) >= 11 is 0. The summed E-state index contributed by atoms with van der Waals surface area (Å²) in [4.78, 5) is 19.3. The number of carbonyl (C=O) groups excluding carboxylic acids is 1. The number of anilines is 1. The Morgan fingerprint density at radius 3 is 2.79 bits per heavy atom. The van der Waals surface area contributed by atoms with E-state index in [2.05, 4.69) is 15.4 Å². The predicted octanol–water partition coefficient (Wildman–Crippen LogP) is 0.962. The van der Waals surface area contributed by atoms with Crippen molar-refractivity contribution in [1.82, 2.24) is 9.97 Å². The van der Waals surface area contributed by atoms with Crippen LogP contribution in [0.1, 0.15) is 15.9 Å². The van der Waals surface area contributed by atoms with Crippen molar-refractivity contribution in [3.8, 4) is 11.6 Å². The quantitative estimate of drug-likeness (QED) is 0.556. The SMILES string of the molecule is Cc1cnc(NN)nc1Oc1ccccc1C(N)=O. The zero-order valence-corrected chi connectivity index (χ0v) is 10.3. The molecular weight excluding hydrogens is 246 g/mol. The fourth-order valence-corrected chi connectivity index (χ4v) is 1.46. The van der Waals surface area contributed by atoms with E-state index in [1.807, 2.05) is 0 Å². The number of nitrogens with two attached hydrogens (primary N) is 2. The van der Waals surface area contributed by atoms with E-state index in [0.717, 1.165) is 0 Å². The van der Waals surface area contributed by atoms with E-state index in [1.54, 1.807) is 37.4 Å². The van der Waals surface area contributed by atoms with Crippen molar-refractivity contribution in [2.24, 2.45) is 11.6 Å². The maximum atomic E-state index is 11.3. The van der Waals surface area contributed by atoms with E-state index >= 15 is 0 Å². The summed E-state index contributed by atoms with van der Waals surface area (Å²) in [6.07, 6.45) is 1.56. The third-order valence-electron chi connectivity index (χ3n) is 2.41. The van der Waals surface area contributed by atoms with Gasteiger partial charge in [-0.05, 0) is 19.1 Å². The second-order valence-corrected chi connectivity index (χ2v) is 3.79. The molecule has 98 valence electrons. The first-order valence-corrected chi connectivity index (χ1v) is 5.48. The molecule has 0 saturated carbocycles. The van der Waals surface area contributed by atoms with E-state index in [0.29, 0.717) is 17.2 Å². The molecule has 0 bridgehead atoms. The molecule has 0 radical (unpaired) electrons. The molecule has 1 aromatic heterocycles. The molecular formula is C12H13N5O2. The van der Waals surface area contributed by atoms with Gasteiger partial charge < -0.3 is 10.5 Å². The minimum atomic E-state index is -0.570. The molecule has 0 saturated heterocycles. The summed E-state index contributed by atoms with van der Waals surface area (Å²) in [5.74, 6) is 5.52. The number of para-hydroxylation sites is 1. The van der Waals surface area contributed by atoms with Gasteiger partial charge in [-0.25, -0.2) is 10.8 Å². The van der Waals surface area contributed by atoms with Crippen LogP contribution >= 0.6 is 0 Å². The van der Waals surface area contributed by atoms with Gasteiger partial charge in [0, 0.05) is 11.8 Å². The van der Waals surface area contributed by atoms with Gasteiger partial charge in [-0.15, -0.1) is 0 Å². The lowest BCUT2D eigenvalue weighted by molar-refractivity contribution is 0.0998. The van der Waals surface area contributed by atoms with Crippen LogP contribution in [0.4, 0.5) is 5.95 Å². The van der Waals surface area contributed by atoms with Crippen LogP contribution in [-0.2, 0) is 0 Å². The van der Waals surface area contributed by atoms with Gasteiger partial charge in [-0.3, -0.25) is 10.2 Å². The van der Waals surface area contributed by atoms with Crippen LogP contribution < -0.4 is 21.7 Å². The van der Waals surface area contributed by atoms with Crippen molar-refractivity contribution in [2.75, 3.05) is 5.43 Å². The number of aryl methyl sites for hydroxylation is 1. The normalized spacial score (nSPS) is 10.0. The third kappa shape index (κ3) is 2.78. The van der Waals surface area contributed by atoms with Gasteiger partial charge in [0.2, 0.25) is 11.8 Å². The zero-order chi connectivity index (χ0) is 13.8. The van der Waals surface area contributed by atoms with Crippen LogP contribution in [0.2, 0.25) is 0 Å². The predicted molar refractivity (Wildman–Crippen MR) is 69.6 cm³/mol. The molecule has 0 aliphatic rings. The Hall–Kier alpha value is -2.67. The van der Waals surface area contributed by atoms with Crippen molar-refractivity contribution in [3.05, 3.63) is 41.6 Å². The lowest BCUT2D eigenvalue weighted by Crippen LogP contribution is -2.13. The first-order valence-electron chi connectivity index (χ1n) is 5.48. The third-order valence-corrected chi connectivity index (χ3v) is 2.41. The van der Waals surface area contributed by atoms with Gasteiger partial charge in [-0.1, -0.05) is 12.1 Å². The van der Waals surface area contributed by atoms with Gasteiger partial charge in [0.25, 0.3) is 5.91 Å². The maximum Gasteiger partial charge on any atom is 0.252 e. The molecule has 1 aromatic carbocycles. The molecule has 0 spiro atoms. The Labute approximate surface area is 109 Å². The first kappa shape index (κ1) is 12.8. The number of amides is 1. The van der Waals surface area contributed by atoms with Crippen molar-refractivity contribution in [1.29, 1.82) is 0 Å². The van der Waals surface area contributed by atoms with Crippen molar-refractivity contribution >= 4 is 11.9 Å². The number of ether oxygens (including phenoxy) is 1. The molecule has 0 aliphatic heterocycles. The van der Waals surface area contributed by atoms with E-state index in [1.165, 1.54) is 0 Å². The number of benzene rings is 1. The molecule has 0 unspecified atom stereocenters. The monoisotopic (exact) mass is 259 g/mol. The second-order valence-electron chi connectivity index (χ2n) is 3.79. The van der Waals surface area contributed by atoms with Gasteiger partial charge in [0.05, 0.1) is 5.56 Å². The molecule has 2 aromatic rings. The lowest BCUT2D eigenvalue weighted by atomic mass is 10.2. The summed E-state index contributed by atoms with van der Waals surface area (Å²) in [6, 6.07) is 6.65. The molecule has 0 atom stereocenters. The highest BCUT2D eigenvalue weighted by molar-refractivity contribution is 5.95. The van der Waals surface area contributed by atoms with Crippen LogP contribution in [0.3, 0.4) is 0 Å². The lowest BCUT2D eigenvalue weighted by Gasteiger charge is -2.10. The van der Waals surface area contributed by atoms with Crippen LogP contribution in [0.5, 0.6) is 11.6 Å². The highest BCUT2D eigenvalue weighted by atomic mass is 16.5. The number of carbonyl (C=O) groups is 1.